The molecule has 0 spiro atoms. The van der Waals surface area contributed by atoms with Gasteiger partial charge >= 0.3 is 12.6 Å². The summed E-state index contributed by atoms with van der Waals surface area (Å²) in [7, 11) is 0. The van der Waals surface area contributed by atoms with Crippen LogP contribution < -0.4 is 10.1 Å². The number of nitrogens with one attached hydrogen (secondary N) is 1. The summed E-state index contributed by atoms with van der Waals surface area (Å²) < 4.78 is 34.6. The lowest BCUT2D eigenvalue weighted by Gasteiger charge is -2.07. The van der Waals surface area contributed by atoms with Crippen LogP contribution in [0.2, 0.25) is 0 Å². The number of esters is 1. The molecule has 11 heteroatoms. The molecule has 0 aliphatic heterocycles. The van der Waals surface area contributed by atoms with Crippen molar-refractivity contribution in [1.29, 1.82) is 0 Å². The summed E-state index contributed by atoms with van der Waals surface area (Å²) >= 11 is 0. The zero-order chi connectivity index (χ0) is 19.4. The topological polar surface area (TPSA) is 108 Å². The lowest BCUT2D eigenvalue weighted by molar-refractivity contribution is -0.119. The van der Waals surface area contributed by atoms with Crippen molar-refractivity contribution < 1.29 is 27.8 Å². The number of fused-ring (bicyclic) bond motifs is 1. The molecule has 0 fully saturated rings. The minimum absolute atomic E-state index is 0.0451. The molecule has 9 nitrogen and oxygen atoms in total. The summed E-state index contributed by atoms with van der Waals surface area (Å²) in [4.78, 5) is 31.7. The molecule has 2 heterocycles. The van der Waals surface area contributed by atoms with Crippen LogP contribution in [-0.2, 0) is 9.53 Å². The molecule has 27 heavy (non-hydrogen) atoms. The number of halogens is 2. The van der Waals surface area contributed by atoms with Crippen molar-refractivity contribution in [2.24, 2.45) is 0 Å². The molecule has 0 atom stereocenters. The number of amides is 1. The summed E-state index contributed by atoms with van der Waals surface area (Å²) in [6, 6.07) is 6.97. The Kier molecular flexibility index (Phi) is 5.20. The maximum absolute atomic E-state index is 12.1. The van der Waals surface area contributed by atoms with Crippen LogP contribution in [0.15, 0.2) is 36.5 Å². The molecule has 0 radical (unpaired) electrons. The van der Waals surface area contributed by atoms with E-state index < -0.39 is 25.1 Å². The minimum atomic E-state index is -2.93. The second-order valence-electron chi connectivity index (χ2n) is 5.26. The van der Waals surface area contributed by atoms with Crippen LogP contribution in [0.5, 0.6) is 5.75 Å². The fraction of sp³-hybridized carbons (Fsp3) is 0.188. The van der Waals surface area contributed by atoms with Crippen LogP contribution in [0.3, 0.4) is 0 Å². The first kappa shape index (κ1) is 18.2. The SMILES string of the molecule is Cc1ccnc2nc(C(=O)OCC(=O)Nc3ccc(OC(F)F)cc3)nn12. The van der Waals surface area contributed by atoms with E-state index >= 15 is 0 Å². The zero-order valence-electron chi connectivity index (χ0n) is 13.9. The number of aryl methyl sites for hydroxylation is 1. The van der Waals surface area contributed by atoms with Gasteiger partial charge in [-0.3, -0.25) is 4.79 Å². The number of carbonyl (C=O) groups is 2. The van der Waals surface area contributed by atoms with E-state index in [0.717, 1.165) is 5.69 Å². The lowest BCUT2D eigenvalue weighted by atomic mass is 10.3. The van der Waals surface area contributed by atoms with E-state index in [-0.39, 0.29) is 17.4 Å². The zero-order valence-corrected chi connectivity index (χ0v) is 13.9. The Balaban J connectivity index is 1.55. The highest BCUT2D eigenvalue weighted by Crippen LogP contribution is 2.17. The van der Waals surface area contributed by atoms with Gasteiger partial charge in [0.05, 0.1) is 0 Å². The number of hydrogen-bond donors (Lipinski definition) is 1. The minimum Gasteiger partial charge on any atom is -0.450 e. The number of aromatic nitrogens is 4. The number of rotatable bonds is 6. The molecule has 3 aromatic rings. The van der Waals surface area contributed by atoms with E-state index in [0.29, 0.717) is 5.69 Å². The van der Waals surface area contributed by atoms with Gasteiger partial charge in [0.1, 0.15) is 5.75 Å². The quantitative estimate of drug-likeness (QED) is 0.653. The number of benzene rings is 1. The smallest absolute Gasteiger partial charge is 0.387 e. The van der Waals surface area contributed by atoms with Crippen molar-refractivity contribution >= 4 is 23.3 Å². The largest absolute Gasteiger partial charge is 0.450 e. The maximum atomic E-state index is 12.1. The molecule has 1 aromatic carbocycles. The molecular weight excluding hydrogens is 364 g/mol. The van der Waals surface area contributed by atoms with Gasteiger partial charge in [-0.15, -0.1) is 5.10 Å². The Morgan fingerprint density at radius 1 is 1.22 bits per heavy atom. The van der Waals surface area contributed by atoms with Gasteiger partial charge in [-0.05, 0) is 37.3 Å². The fourth-order valence-electron chi connectivity index (χ4n) is 2.11. The summed E-state index contributed by atoms with van der Waals surface area (Å²) in [5.41, 5.74) is 1.05. The molecule has 0 saturated carbocycles. The van der Waals surface area contributed by atoms with Crippen LogP contribution in [0.4, 0.5) is 14.5 Å². The van der Waals surface area contributed by atoms with Crippen LogP contribution >= 0.6 is 0 Å². The van der Waals surface area contributed by atoms with Crippen LogP contribution in [0.1, 0.15) is 16.3 Å². The van der Waals surface area contributed by atoms with E-state index in [1.165, 1.54) is 35.0 Å². The molecule has 2 aromatic heterocycles. The Morgan fingerprint density at radius 2 is 1.96 bits per heavy atom. The summed E-state index contributed by atoms with van der Waals surface area (Å²) in [6.45, 7) is -1.74. The number of carbonyl (C=O) groups excluding carboxylic acids is 2. The van der Waals surface area contributed by atoms with Crippen LogP contribution in [0.25, 0.3) is 5.78 Å². The standard InChI is InChI=1S/C16H13F2N5O4/c1-9-6-7-19-16-21-13(22-23(9)16)14(25)26-8-12(24)20-10-2-4-11(5-3-10)27-15(17)18/h2-7,15H,8H2,1H3,(H,20,24). The molecule has 0 aliphatic rings. The first-order chi connectivity index (χ1) is 12.9. The predicted molar refractivity (Wildman–Crippen MR) is 87.5 cm³/mol. The molecule has 1 amide bonds. The van der Waals surface area contributed by atoms with Crippen LogP contribution in [-0.4, -0.2) is 44.7 Å². The molecule has 0 saturated heterocycles. The second-order valence-corrected chi connectivity index (χ2v) is 5.26. The van der Waals surface area contributed by atoms with E-state index in [9.17, 15) is 18.4 Å². The van der Waals surface area contributed by atoms with Gasteiger partial charge in [0.15, 0.2) is 6.61 Å². The van der Waals surface area contributed by atoms with E-state index in [4.69, 9.17) is 4.74 Å². The molecule has 0 bridgehead atoms. The summed E-state index contributed by atoms with van der Waals surface area (Å²) in [5.74, 6) is -1.54. The number of nitrogens with zero attached hydrogens (tertiary/aromatic N) is 4. The molecule has 3 rings (SSSR count). The molecular formula is C16H13F2N5O4. The average molecular weight is 377 g/mol. The Labute approximate surface area is 150 Å². The third-order valence-corrected chi connectivity index (χ3v) is 3.31. The number of alkyl halides is 2. The monoisotopic (exact) mass is 377 g/mol. The number of ether oxygens (including phenoxy) is 2. The molecule has 1 N–H and O–H groups in total. The number of anilines is 1. The summed E-state index contributed by atoms with van der Waals surface area (Å²) in [6.07, 6.45) is 1.53. The van der Waals surface area contributed by atoms with Crippen molar-refractivity contribution in [1.82, 2.24) is 19.6 Å². The van der Waals surface area contributed by atoms with Gasteiger partial charge in [0.25, 0.3) is 17.5 Å². The predicted octanol–water partition coefficient (Wildman–Crippen LogP) is 1.83. The van der Waals surface area contributed by atoms with Gasteiger partial charge in [-0.25, -0.2) is 14.3 Å². The molecule has 0 aliphatic carbocycles. The normalized spacial score (nSPS) is 10.8. The van der Waals surface area contributed by atoms with Crippen molar-refractivity contribution in [2.45, 2.75) is 13.5 Å². The first-order valence-electron chi connectivity index (χ1n) is 7.62. The van der Waals surface area contributed by atoms with Gasteiger partial charge in [0, 0.05) is 17.6 Å². The van der Waals surface area contributed by atoms with E-state index in [1.54, 1.807) is 13.0 Å². The first-order valence-corrected chi connectivity index (χ1v) is 7.62. The molecule has 0 unspecified atom stereocenters. The number of hydrogen-bond acceptors (Lipinski definition) is 7. The van der Waals surface area contributed by atoms with Crippen molar-refractivity contribution in [2.75, 3.05) is 11.9 Å². The Hall–Kier alpha value is -3.63. The van der Waals surface area contributed by atoms with Crippen LogP contribution in [0, 0.1) is 6.92 Å². The van der Waals surface area contributed by atoms with Crippen molar-refractivity contribution in [3.63, 3.8) is 0 Å². The van der Waals surface area contributed by atoms with Gasteiger partial charge in [-0.1, -0.05) is 0 Å². The Morgan fingerprint density at radius 3 is 2.63 bits per heavy atom. The van der Waals surface area contributed by atoms with Crippen molar-refractivity contribution in [3.05, 3.63) is 48.0 Å². The average Bonchev–Trinajstić information content (AvgIpc) is 3.07. The summed E-state index contributed by atoms with van der Waals surface area (Å²) in [5, 5.41) is 6.42. The Bertz CT molecular complexity index is 975. The van der Waals surface area contributed by atoms with Gasteiger partial charge in [0.2, 0.25) is 0 Å². The third kappa shape index (κ3) is 4.51. The lowest BCUT2D eigenvalue weighted by Crippen LogP contribution is -2.21. The fourth-order valence-corrected chi connectivity index (χ4v) is 2.11. The molecule has 140 valence electrons. The third-order valence-electron chi connectivity index (χ3n) is 3.31. The van der Waals surface area contributed by atoms with Gasteiger partial charge < -0.3 is 14.8 Å². The van der Waals surface area contributed by atoms with Gasteiger partial charge in [-0.2, -0.15) is 13.8 Å². The highest BCUT2D eigenvalue weighted by molar-refractivity contribution is 5.94. The highest BCUT2D eigenvalue weighted by atomic mass is 19.3. The maximum Gasteiger partial charge on any atom is 0.387 e. The van der Waals surface area contributed by atoms with E-state index in [1.807, 2.05) is 0 Å². The highest BCUT2D eigenvalue weighted by Gasteiger charge is 2.17. The van der Waals surface area contributed by atoms with Crippen molar-refractivity contribution in [3.8, 4) is 5.75 Å². The second kappa shape index (κ2) is 7.72. The van der Waals surface area contributed by atoms with E-state index in [2.05, 4.69) is 25.1 Å².